The topological polar surface area (TPSA) is 103 Å². The zero-order valence-corrected chi connectivity index (χ0v) is 19.7. The Bertz CT molecular complexity index is 1590. The minimum absolute atomic E-state index is 0.181. The predicted octanol–water partition coefficient (Wildman–Crippen LogP) is 5.67. The van der Waals surface area contributed by atoms with Gasteiger partial charge in [-0.2, -0.15) is 0 Å². The standard InChI is InChI=1S/C27H17N3O5S/c1-15(23-28-29-24(35-23)21-9-4-14-36-21)34-27(33)17-10-12-18(13-11-17)30-25(31)19-7-2-5-16-6-3-8-20(22(16)19)26(30)32/h2-15H,1H3. The zero-order valence-electron chi connectivity index (χ0n) is 18.9. The van der Waals surface area contributed by atoms with Crippen molar-refractivity contribution in [1.82, 2.24) is 10.2 Å². The van der Waals surface area contributed by atoms with Crippen LogP contribution in [0.25, 0.3) is 21.5 Å². The Morgan fingerprint density at radius 1 is 0.917 bits per heavy atom. The Morgan fingerprint density at radius 2 is 1.61 bits per heavy atom. The van der Waals surface area contributed by atoms with Gasteiger partial charge in [0.25, 0.3) is 23.6 Å². The average molecular weight is 496 g/mol. The van der Waals surface area contributed by atoms with E-state index in [1.54, 1.807) is 43.3 Å². The number of hydrogen-bond donors (Lipinski definition) is 0. The smallest absolute Gasteiger partial charge is 0.338 e. The summed E-state index contributed by atoms with van der Waals surface area (Å²) in [5.41, 5.74) is 1.53. The molecule has 8 nitrogen and oxygen atoms in total. The van der Waals surface area contributed by atoms with Gasteiger partial charge >= 0.3 is 5.97 Å². The number of imide groups is 1. The van der Waals surface area contributed by atoms with E-state index in [9.17, 15) is 14.4 Å². The number of esters is 1. The molecule has 1 atom stereocenters. The molecule has 0 spiro atoms. The minimum atomic E-state index is -0.763. The van der Waals surface area contributed by atoms with Crippen LogP contribution in [0.4, 0.5) is 5.69 Å². The average Bonchev–Trinajstić information content (AvgIpc) is 3.60. The number of ether oxygens (including phenoxy) is 1. The molecule has 1 aliphatic rings. The van der Waals surface area contributed by atoms with Crippen LogP contribution in [0, 0.1) is 0 Å². The van der Waals surface area contributed by atoms with Crippen LogP contribution < -0.4 is 4.90 Å². The van der Waals surface area contributed by atoms with E-state index in [1.807, 2.05) is 29.6 Å². The maximum atomic E-state index is 13.2. The SMILES string of the molecule is CC(OC(=O)c1ccc(N2C(=O)c3cccc4cccc(c34)C2=O)cc1)c1nnc(-c2cccs2)o1. The first-order valence-electron chi connectivity index (χ1n) is 11.1. The van der Waals surface area contributed by atoms with E-state index in [0.29, 0.717) is 28.1 Å². The van der Waals surface area contributed by atoms with E-state index in [0.717, 1.165) is 15.2 Å². The van der Waals surface area contributed by atoms with Crippen LogP contribution in [-0.4, -0.2) is 28.0 Å². The monoisotopic (exact) mass is 495 g/mol. The number of benzene rings is 3. The fraction of sp³-hybridized carbons (Fsp3) is 0.0741. The van der Waals surface area contributed by atoms with Crippen LogP contribution in [0.1, 0.15) is 50.0 Å². The van der Waals surface area contributed by atoms with Crippen molar-refractivity contribution < 1.29 is 23.5 Å². The van der Waals surface area contributed by atoms with Gasteiger partial charge in [-0.3, -0.25) is 9.59 Å². The first-order valence-corrected chi connectivity index (χ1v) is 12.0. The molecule has 176 valence electrons. The molecule has 0 saturated carbocycles. The van der Waals surface area contributed by atoms with Gasteiger partial charge in [0.1, 0.15) is 0 Å². The number of amides is 2. The summed E-state index contributed by atoms with van der Waals surface area (Å²) in [6, 6.07) is 20.6. The van der Waals surface area contributed by atoms with Gasteiger partial charge in [0.15, 0.2) is 6.10 Å². The highest BCUT2D eigenvalue weighted by atomic mass is 32.1. The minimum Gasteiger partial charge on any atom is -0.449 e. The van der Waals surface area contributed by atoms with Crippen LogP contribution in [0.15, 0.2) is 82.6 Å². The lowest BCUT2D eigenvalue weighted by Gasteiger charge is -2.27. The molecule has 0 fully saturated rings. The van der Waals surface area contributed by atoms with Gasteiger partial charge in [-0.25, -0.2) is 9.69 Å². The Hall–Kier alpha value is -4.63. The number of aromatic nitrogens is 2. The fourth-order valence-corrected chi connectivity index (χ4v) is 4.83. The highest BCUT2D eigenvalue weighted by molar-refractivity contribution is 7.13. The van der Waals surface area contributed by atoms with Gasteiger partial charge < -0.3 is 9.15 Å². The molecule has 0 radical (unpaired) electrons. The normalized spacial score (nSPS) is 13.8. The van der Waals surface area contributed by atoms with Gasteiger partial charge in [-0.1, -0.05) is 30.3 Å². The van der Waals surface area contributed by atoms with E-state index in [4.69, 9.17) is 9.15 Å². The van der Waals surface area contributed by atoms with Crippen LogP contribution >= 0.6 is 11.3 Å². The number of thiophene rings is 1. The van der Waals surface area contributed by atoms with Crippen LogP contribution in [0.2, 0.25) is 0 Å². The van der Waals surface area contributed by atoms with Gasteiger partial charge in [0.2, 0.25) is 0 Å². The molecule has 9 heteroatoms. The third kappa shape index (κ3) is 3.57. The number of hydrogen-bond acceptors (Lipinski definition) is 8. The third-order valence-electron chi connectivity index (χ3n) is 5.94. The van der Waals surface area contributed by atoms with Crippen molar-refractivity contribution >= 4 is 45.6 Å². The highest BCUT2D eigenvalue weighted by Gasteiger charge is 2.34. The lowest BCUT2D eigenvalue weighted by Crippen LogP contribution is -2.40. The molecular formula is C27H17N3O5S. The molecule has 0 N–H and O–H groups in total. The van der Waals surface area contributed by atoms with Gasteiger partial charge in [0, 0.05) is 16.5 Å². The maximum absolute atomic E-state index is 13.2. The van der Waals surface area contributed by atoms with Crippen molar-refractivity contribution in [2.75, 3.05) is 4.90 Å². The van der Waals surface area contributed by atoms with E-state index < -0.39 is 23.9 Å². The van der Waals surface area contributed by atoms with Crippen LogP contribution in [0.5, 0.6) is 0 Å². The molecule has 0 aliphatic carbocycles. The van der Waals surface area contributed by atoms with E-state index in [1.165, 1.54) is 23.5 Å². The molecule has 0 bridgehead atoms. The van der Waals surface area contributed by atoms with Gasteiger partial charge in [0.05, 0.1) is 16.1 Å². The third-order valence-corrected chi connectivity index (χ3v) is 6.79. The summed E-state index contributed by atoms with van der Waals surface area (Å²) in [4.78, 5) is 41.1. The van der Waals surface area contributed by atoms with Crippen molar-refractivity contribution in [2.45, 2.75) is 13.0 Å². The molecule has 5 aromatic rings. The first-order chi connectivity index (χ1) is 17.5. The van der Waals surface area contributed by atoms with E-state index in [2.05, 4.69) is 10.2 Å². The van der Waals surface area contributed by atoms with Crippen molar-refractivity contribution in [2.24, 2.45) is 0 Å². The largest absolute Gasteiger partial charge is 0.449 e. The van der Waals surface area contributed by atoms with Crippen molar-refractivity contribution in [3.8, 4) is 10.8 Å². The molecule has 1 unspecified atom stereocenters. The summed E-state index contributed by atoms with van der Waals surface area (Å²) >= 11 is 1.46. The lowest BCUT2D eigenvalue weighted by atomic mass is 9.94. The Labute approximate surface area is 208 Å². The van der Waals surface area contributed by atoms with Crippen molar-refractivity contribution in [3.05, 3.63) is 101 Å². The lowest BCUT2D eigenvalue weighted by molar-refractivity contribution is 0.0280. The van der Waals surface area contributed by atoms with E-state index in [-0.39, 0.29) is 11.5 Å². The molecule has 1 aliphatic heterocycles. The molecule has 2 amide bonds. The summed E-state index contributed by atoms with van der Waals surface area (Å²) in [7, 11) is 0. The zero-order chi connectivity index (χ0) is 24.8. The number of carbonyl (C=O) groups excluding carboxylic acids is 3. The summed E-state index contributed by atoms with van der Waals surface area (Å²) in [5.74, 6) is -0.880. The molecule has 36 heavy (non-hydrogen) atoms. The second-order valence-electron chi connectivity index (χ2n) is 8.17. The summed E-state index contributed by atoms with van der Waals surface area (Å²) in [6.07, 6.45) is -0.763. The van der Waals surface area contributed by atoms with Gasteiger partial charge in [-0.05, 0) is 60.2 Å². The Balaban J connectivity index is 1.21. The Morgan fingerprint density at radius 3 is 2.25 bits per heavy atom. The molecule has 3 aromatic carbocycles. The molecule has 0 saturated heterocycles. The molecule has 2 aromatic heterocycles. The second-order valence-corrected chi connectivity index (χ2v) is 9.12. The number of rotatable bonds is 5. The number of carbonyl (C=O) groups is 3. The molecule has 3 heterocycles. The summed E-state index contributed by atoms with van der Waals surface area (Å²) in [5, 5.41) is 11.4. The quantitative estimate of drug-likeness (QED) is 0.229. The fourth-order valence-electron chi connectivity index (χ4n) is 4.19. The van der Waals surface area contributed by atoms with Crippen LogP contribution in [-0.2, 0) is 4.74 Å². The number of nitrogens with zero attached hydrogens (tertiary/aromatic N) is 3. The van der Waals surface area contributed by atoms with Crippen molar-refractivity contribution in [3.63, 3.8) is 0 Å². The Kier molecular flexibility index (Phi) is 5.19. The molecular weight excluding hydrogens is 478 g/mol. The maximum Gasteiger partial charge on any atom is 0.338 e. The number of anilines is 1. The highest BCUT2D eigenvalue weighted by Crippen LogP contribution is 2.33. The van der Waals surface area contributed by atoms with Crippen molar-refractivity contribution in [1.29, 1.82) is 0 Å². The predicted molar refractivity (Wildman–Crippen MR) is 133 cm³/mol. The summed E-state index contributed by atoms with van der Waals surface area (Å²) in [6.45, 7) is 1.64. The van der Waals surface area contributed by atoms with Gasteiger partial charge in [-0.15, -0.1) is 21.5 Å². The summed E-state index contributed by atoms with van der Waals surface area (Å²) < 4.78 is 11.1. The molecule has 6 rings (SSSR count). The first kappa shape index (κ1) is 21.9. The second kappa shape index (κ2) is 8.54. The van der Waals surface area contributed by atoms with Crippen LogP contribution in [0.3, 0.4) is 0 Å². The van der Waals surface area contributed by atoms with E-state index >= 15 is 0 Å².